The molecule has 1 aromatic rings. The molecule has 2 unspecified atom stereocenters. The molecule has 1 aliphatic heterocycles. The highest BCUT2D eigenvalue weighted by molar-refractivity contribution is 5.96. The van der Waals surface area contributed by atoms with Crippen LogP contribution in [0.25, 0.3) is 0 Å². The number of hydrogen-bond acceptors (Lipinski definition) is 5. The molecule has 7 nitrogen and oxygen atoms in total. The lowest BCUT2D eigenvalue weighted by molar-refractivity contribution is -0.384. The van der Waals surface area contributed by atoms with E-state index in [0.29, 0.717) is 37.1 Å². The van der Waals surface area contributed by atoms with Gasteiger partial charge in [0.1, 0.15) is 5.69 Å². The topological polar surface area (TPSA) is 90.7 Å². The summed E-state index contributed by atoms with van der Waals surface area (Å²) in [4.78, 5) is 22.6. The Morgan fingerprint density at radius 2 is 1.95 bits per heavy atom. The molecule has 1 fully saturated rings. The van der Waals surface area contributed by atoms with Gasteiger partial charge in [0.05, 0.1) is 24.2 Å². The molecule has 1 amide bonds. The smallest absolute Gasteiger partial charge is 0.296 e. The zero-order chi connectivity index (χ0) is 15.0. The van der Waals surface area contributed by atoms with Gasteiger partial charge in [0, 0.05) is 18.4 Å². The molecule has 112 valence electrons. The maximum atomic E-state index is 12.0. The number of fused-ring (bicyclic) bond motifs is 1. The lowest BCUT2D eigenvalue weighted by Gasteiger charge is -2.11. The number of carbonyl (C=O) groups excluding carboxylic acids is 1. The van der Waals surface area contributed by atoms with Gasteiger partial charge in [-0.15, -0.1) is 0 Å². The van der Waals surface area contributed by atoms with Crippen LogP contribution >= 0.6 is 0 Å². The molecule has 0 radical (unpaired) electrons. The van der Waals surface area contributed by atoms with Crippen molar-refractivity contribution < 1.29 is 19.2 Å². The summed E-state index contributed by atoms with van der Waals surface area (Å²) < 4.78 is 10.9. The Hall–Kier alpha value is -2.31. The summed E-state index contributed by atoms with van der Waals surface area (Å²) in [6.07, 6.45) is 1.54. The third-order valence-corrected chi connectivity index (χ3v) is 3.77. The molecule has 2 atom stereocenters. The number of rotatable bonds is 3. The van der Waals surface area contributed by atoms with Crippen molar-refractivity contribution in [2.75, 3.05) is 18.5 Å². The Kier molecular flexibility index (Phi) is 3.40. The van der Waals surface area contributed by atoms with Crippen LogP contribution in [0.15, 0.2) is 12.1 Å². The molecular weight excluding hydrogens is 276 g/mol. The highest BCUT2D eigenvalue weighted by Crippen LogP contribution is 2.42. The first-order chi connectivity index (χ1) is 10.1. The van der Waals surface area contributed by atoms with E-state index in [1.807, 2.05) is 6.92 Å². The van der Waals surface area contributed by atoms with Crippen LogP contribution in [-0.4, -0.2) is 24.0 Å². The fourth-order valence-electron chi connectivity index (χ4n) is 2.36. The Bertz CT molecular complexity index is 601. The van der Waals surface area contributed by atoms with Crippen LogP contribution in [0.4, 0.5) is 11.4 Å². The van der Waals surface area contributed by atoms with E-state index in [0.717, 1.165) is 6.42 Å². The number of ether oxygens (including phenoxy) is 2. The van der Waals surface area contributed by atoms with Gasteiger partial charge < -0.3 is 14.8 Å². The van der Waals surface area contributed by atoms with Crippen LogP contribution in [0, 0.1) is 22.0 Å². The highest BCUT2D eigenvalue weighted by Gasteiger charge is 2.39. The molecule has 1 aliphatic carbocycles. The van der Waals surface area contributed by atoms with Gasteiger partial charge in [-0.3, -0.25) is 14.9 Å². The van der Waals surface area contributed by atoms with E-state index < -0.39 is 4.92 Å². The first-order valence-corrected chi connectivity index (χ1v) is 6.95. The van der Waals surface area contributed by atoms with Gasteiger partial charge in [-0.2, -0.15) is 0 Å². The molecule has 3 rings (SSSR count). The average molecular weight is 292 g/mol. The Morgan fingerprint density at radius 3 is 2.52 bits per heavy atom. The average Bonchev–Trinajstić information content (AvgIpc) is 3.19. The van der Waals surface area contributed by atoms with Crippen molar-refractivity contribution in [1.82, 2.24) is 0 Å². The Labute approximate surface area is 121 Å². The first-order valence-electron chi connectivity index (χ1n) is 6.95. The molecule has 0 spiro atoms. The zero-order valence-electron chi connectivity index (χ0n) is 11.6. The van der Waals surface area contributed by atoms with Gasteiger partial charge in [0.2, 0.25) is 5.91 Å². The number of carbonyl (C=O) groups is 1. The molecule has 0 saturated heterocycles. The SMILES string of the molecule is CC1CC1C(=O)Nc1cc2c(cc1[N+](=O)[O-])OCCCO2. The second-order valence-corrected chi connectivity index (χ2v) is 5.43. The van der Waals surface area contributed by atoms with E-state index in [1.54, 1.807) is 0 Å². The number of anilines is 1. The molecule has 21 heavy (non-hydrogen) atoms. The zero-order valence-corrected chi connectivity index (χ0v) is 11.6. The second-order valence-electron chi connectivity index (χ2n) is 5.43. The van der Waals surface area contributed by atoms with Crippen molar-refractivity contribution in [3.05, 3.63) is 22.2 Å². The van der Waals surface area contributed by atoms with E-state index >= 15 is 0 Å². The second kappa shape index (κ2) is 5.23. The van der Waals surface area contributed by atoms with Crippen LogP contribution in [0.3, 0.4) is 0 Å². The quantitative estimate of drug-likeness (QED) is 0.682. The molecule has 0 aromatic heterocycles. The molecule has 1 heterocycles. The highest BCUT2D eigenvalue weighted by atomic mass is 16.6. The van der Waals surface area contributed by atoms with Crippen LogP contribution in [0.2, 0.25) is 0 Å². The third kappa shape index (κ3) is 2.76. The van der Waals surface area contributed by atoms with Crippen LogP contribution in [0.5, 0.6) is 11.5 Å². The maximum absolute atomic E-state index is 12.0. The number of benzene rings is 1. The van der Waals surface area contributed by atoms with Gasteiger partial charge in [0.15, 0.2) is 11.5 Å². The number of nitro benzene ring substituents is 1. The Morgan fingerprint density at radius 1 is 1.33 bits per heavy atom. The van der Waals surface area contributed by atoms with Crippen molar-refractivity contribution >= 4 is 17.3 Å². The summed E-state index contributed by atoms with van der Waals surface area (Å²) >= 11 is 0. The molecular formula is C14H16N2O5. The number of hydrogen-bond donors (Lipinski definition) is 1. The van der Waals surface area contributed by atoms with Gasteiger partial charge in [-0.25, -0.2) is 0 Å². The summed E-state index contributed by atoms with van der Waals surface area (Å²) in [6, 6.07) is 2.79. The molecule has 1 N–H and O–H groups in total. The van der Waals surface area contributed by atoms with Crippen molar-refractivity contribution in [2.45, 2.75) is 19.8 Å². The molecule has 1 saturated carbocycles. The fraction of sp³-hybridized carbons (Fsp3) is 0.500. The van der Waals surface area contributed by atoms with Gasteiger partial charge in [-0.1, -0.05) is 6.92 Å². The van der Waals surface area contributed by atoms with E-state index in [1.165, 1.54) is 12.1 Å². The largest absolute Gasteiger partial charge is 0.489 e. The molecule has 1 aromatic carbocycles. The summed E-state index contributed by atoms with van der Waals surface area (Å²) in [5.41, 5.74) is -0.0192. The van der Waals surface area contributed by atoms with Crippen molar-refractivity contribution in [3.63, 3.8) is 0 Å². The third-order valence-electron chi connectivity index (χ3n) is 3.77. The monoisotopic (exact) mass is 292 g/mol. The number of nitrogens with zero attached hydrogens (tertiary/aromatic N) is 1. The van der Waals surface area contributed by atoms with Crippen LogP contribution < -0.4 is 14.8 Å². The molecule has 0 bridgehead atoms. The van der Waals surface area contributed by atoms with Gasteiger partial charge >= 0.3 is 0 Å². The van der Waals surface area contributed by atoms with Crippen LogP contribution in [0.1, 0.15) is 19.8 Å². The van der Waals surface area contributed by atoms with E-state index in [2.05, 4.69) is 5.32 Å². The first kappa shape index (κ1) is 13.7. The minimum Gasteiger partial charge on any atom is -0.489 e. The molecule has 2 aliphatic rings. The van der Waals surface area contributed by atoms with Gasteiger partial charge in [0.25, 0.3) is 5.69 Å². The predicted molar refractivity (Wildman–Crippen MR) is 74.6 cm³/mol. The Balaban J connectivity index is 1.91. The summed E-state index contributed by atoms with van der Waals surface area (Å²) in [5.74, 6) is 0.874. The van der Waals surface area contributed by atoms with E-state index in [-0.39, 0.29) is 23.2 Å². The fourth-order valence-corrected chi connectivity index (χ4v) is 2.36. The minimum atomic E-state index is -0.527. The summed E-state index contributed by atoms with van der Waals surface area (Å²) in [5, 5.41) is 13.8. The van der Waals surface area contributed by atoms with Crippen LogP contribution in [-0.2, 0) is 4.79 Å². The van der Waals surface area contributed by atoms with E-state index in [9.17, 15) is 14.9 Å². The summed E-state index contributed by atoms with van der Waals surface area (Å²) in [7, 11) is 0. The molecule has 7 heteroatoms. The number of amides is 1. The normalized spacial score (nSPS) is 23.1. The van der Waals surface area contributed by atoms with Crippen molar-refractivity contribution in [3.8, 4) is 11.5 Å². The predicted octanol–water partition coefficient (Wildman–Crippen LogP) is 2.35. The minimum absolute atomic E-state index is 0.0550. The van der Waals surface area contributed by atoms with Crippen molar-refractivity contribution in [2.24, 2.45) is 11.8 Å². The lowest BCUT2D eigenvalue weighted by atomic mass is 10.2. The summed E-state index contributed by atoms with van der Waals surface area (Å²) in [6.45, 7) is 2.92. The maximum Gasteiger partial charge on any atom is 0.296 e. The van der Waals surface area contributed by atoms with E-state index in [4.69, 9.17) is 9.47 Å². The standard InChI is InChI=1S/C14H16N2O5/c1-8-5-9(8)14(17)15-10-6-12-13(7-11(10)16(18)19)21-4-2-3-20-12/h6-9H,2-5H2,1H3,(H,15,17). The number of nitro groups is 1. The number of nitrogens with one attached hydrogen (secondary N) is 1. The van der Waals surface area contributed by atoms with Gasteiger partial charge in [-0.05, 0) is 12.3 Å². The lowest BCUT2D eigenvalue weighted by Crippen LogP contribution is -2.15. The van der Waals surface area contributed by atoms with Crippen molar-refractivity contribution in [1.29, 1.82) is 0 Å².